The Morgan fingerprint density at radius 2 is 1.92 bits per heavy atom. The van der Waals surface area contributed by atoms with Crippen LogP contribution in [0.2, 0.25) is 0 Å². The number of halogens is 1. The molecular formula is C19H18BrN3O3. The molecular weight excluding hydrogens is 398 g/mol. The third kappa shape index (κ3) is 3.37. The number of cyclic esters (lactones) is 1. The van der Waals surface area contributed by atoms with Gasteiger partial charge in [-0.15, -0.1) is 0 Å². The number of piperazine rings is 1. The molecule has 1 unspecified atom stereocenters. The smallest absolute Gasteiger partial charge is 0.339 e. The van der Waals surface area contributed by atoms with Crippen LogP contribution < -0.4 is 0 Å². The highest BCUT2D eigenvalue weighted by Crippen LogP contribution is 2.32. The van der Waals surface area contributed by atoms with Crippen molar-refractivity contribution in [3.05, 3.63) is 63.9 Å². The average Bonchev–Trinajstić information content (AvgIpc) is 3.01. The molecule has 0 bridgehead atoms. The summed E-state index contributed by atoms with van der Waals surface area (Å²) in [5.41, 5.74) is 2.17. The topological polar surface area (TPSA) is 62.7 Å². The number of hydrogen-bond acceptors (Lipinski definition) is 5. The van der Waals surface area contributed by atoms with Crippen LogP contribution in [0.3, 0.4) is 0 Å². The standard InChI is InChI=1S/C19H18BrN3O3/c20-13-5-6-14(21-11-13)12-22-7-9-23(10-8-22)18(24)17-15-3-1-2-4-16(15)19(25)26-17/h1-6,11,17H,7-10,12H2. The maximum Gasteiger partial charge on any atom is 0.339 e. The zero-order valence-electron chi connectivity index (χ0n) is 14.1. The summed E-state index contributed by atoms with van der Waals surface area (Å²) in [7, 11) is 0. The number of carbonyl (C=O) groups is 2. The Morgan fingerprint density at radius 1 is 1.15 bits per heavy atom. The number of ether oxygens (including phenoxy) is 1. The second kappa shape index (κ2) is 7.17. The van der Waals surface area contributed by atoms with Gasteiger partial charge in [0.15, 0.2) is 0 Å². The van der Waals surface area contributed by atoms with Gasteiger partial charge in [-0.25, -0.2) is 4.79 Å². The van der Waals surface area contributed by atoms with Crippen molar-refractivity contribution in [1.29, 1.82) is 0 Å². The largest absolute Gasteiger partial charge is 0.444 e. The van der Waals surface area contributed by atoms with E-state index in [1.807, 2.05) is 18.2 Å². The van der Waals surface area contributed by atoms with Gasteiger partial charge in [0.25, 0.3) is 5.91 Å². The minimum absolute atomic E-state index is 0.135. The SMILES string of the molecule is O=C1OC(C(=O)N2CCN(Cc3ccc(Br)cn3)CC2)c2ccccc21. The molecule has 2 aliphatic heterocycles. The van der Waals surface area contributed by atoms with E-state index in [0.717, 1.165) is 29.8 Å². The number of fused-ring (bicyclic) bond motifs is 1. The molecule has 1 amide bonds. The maximum atomic E-state index is 12.8. The van der Waals surface area contributed by atoms with Gasteiger partial charge in [0.1, 0.15) is 0 Å². The molecule has 0 spiro atoms. The second-order valence-corrected chi connectivity index (χ2v) is 7.36. The molecule has 4 rings (SSSR count). The van der Waals surface area contributed by atoms with Crippen LogP contribution in [0, 0.1) is 0 Å². The molecule has 26 heavy (non-hydrogen) atoms. The van der Waals surface area contributed by atoms with Crippen molar-refractivity contribution in [3.63, 3.8) is 0 Å². The lowest BCUT2D eigenvalue weighted by Crippen LogP contribution is -2.49. The molecule has 6 nitrogen and oxygen atoms in total. The summed E-state index contributed by atoms with van der Waals surface area (Å²) in [6.07, 6.45) is 0.986. The van der Waals surface area contributed by atoms with Gasteiger partial charge in [-0.1, -0.05) is 18.2 Å². The molecule has 0 radical (unpaired) electrons. The molecule has 2 aromatic rings. The van der Waals surface area contributed by atoms with Gasteiger partial charge in [-0.05, 0) is 34.1 Å². The summed E-state index contributed by atoms with van der Waals surface area (Å²) in [6, 6.07) is 11.1. The Kier molecular flexibility index (Phi) is 4.74. The average molecular weight is 416 g/mol. The molecule has 0 aliphatic carbocycles. The number of aromatic nitrogens is 1. The molecule has 0 N–H and O–H groups in total. The summed E-state index contributed by atoms with van der Waals surface area (Å²) >= 11 is 3.39. The van der Waals surface area contributed by atoms with Crippen LogP contribution in [0.4, 0.5) is 0 Å². The van der Waals surface area contributed by atoms with Crippen LogP contribution in [0.5, 0.6) is 0 Å². The van der Waals surface area contributed by atoms with Crippen molar-refractivity contribution >= 4 is 27.8 Å². The fourth-order valence-corrected chi connectivity index (χ4v) is 3.58. The van der Waals surface area contributed by atoms with Gasteiger partial charge in [0, 0.05) is 49.0 Å². The lowest BCUT2D eigenvalue weighted by molar-refractivity contribution is -0.142. The number of esters is 1. The van der Waals surface area contributed by atoms with Crippen molar-refractivity contribution in [2.75, 3.05) is 26.2 Å². The summed E-state index contributed by atoms with van der Waals surface area (Å²) in [5.74, 6) is -0.552. The Balaban J connectivity index is 1.37. The van der Waals surface area contributed by atoms with Gasteiger partial charge in [0.05, 0.1) is 11.3 Å². The normalized spacial score (nSPS) is 20.0. The summed E-state index contributed by atoms with van der Waals surface area (Å²) in [5, 5.41) is 0. The van der Waals surface area contributed by atoms with E-state index in [0.29, 0.717) is 24.2 Å². The van der Waals surface area contributed by atoms with Gasteiger partial charge in [-0.3, -0.25) is 14.7 Å². The Morgan fingerprint density at radius 3 is 2.65 bits per heavy atom. The first-order valence-corrected chi connectivity index (χ1v) is 9.32. The van der Waals surface area contributed by atoms with E-state index in [-0.39, 0.29) is 5.91 Å². The van der Waals surface area contributed by atoms with Crippen molar-refractivity contribution in [1.82, 2.24) is 14.8 Å². The molecule has 1 fully saturated rings. The molecule has 3 heterocycles. The molecule has 0 saturated carbocycles. The third-order valence-corrected chi connectivity index (χ3v) is 5.24. The quantitative estimate of drug-likeness (QED) is 0.720. The molecule has 7 heteroatoms. The van der Waals surface area contributed by atoms with Crippen molar-refractivity contribution in [2.24, 2.45) is 0 Å². The van der Waals surface area contributed by atoms with Crippen LogP contribution in [-0.4, -0.2) is 52.8 Å². The number of carbonyl (C=O) groups excluding carboxylic acids is 2. The van der Waals surface area contributed by atoms with Crippen LogP contribution in [0.25, 0.3) is 0 Å². The number of rotatable bonds is 3. The highest BCUT2D eigenvalue weighted by Gasteiger charge is 2.38. The van der Waals surface area contributed by atoms with Crippen LogP contribution in [0.1, 0.15) is 27.7 Å². The molecule has 1 aromatic carbocycles. The minimum Gasteiger partial charge on any atom is -0.444 e. The maximum absolute atomic E-state index is 12.8. The van der Waals surface area contributed by atoms with E-state index in [4.69, 9.17) is 4.74 Å². The van der Waals surface area contributed by atoms with E-state index in [1.165, 1.54) is 0 Å². The highest BCUT2D eigenvalue weighted by molar-refractivity contribution is 9.10. The third-order valence-electron chi connectivity index (χ3n) is 4.77. The number of hydrogen-bond donors (Lipinski definition) is 0. The van der Waals surface area contributed by atoms with Gasteiger partial charge in [-0.2, -0.15) is 0 Å². The zero-order valence-corrected chi connectivity index (χ0v) is 15.7. The Hall–Kier alpha value is -2.25. The summed E-state index contributed by atoms with van der Waals surface area (Å²) in [4.78, 5) is 33.2. The predicted octanol–water partition coefficient (Wildman–Crippen LogP) is 2.40. The Labute approximate surface area is 159 Å². The minimum atomic E-state index is -0.807. The predicted molar refractivity (Wildman–Crippen MR) is 98.4 cm³/mol. The highest BCUT2D eigenvalue weighted by atomic mass is 79.9. The van der Waals surface area contributed by atoms with Crippen molar-refractivity contribution < 1.29 is 14.3 Å². The van der Waals surface area contributed by atoms with Crippen molar-refractivity contribution in [2.45, 2.75) is 12.6 Å². The second-order valence-electron chi connectivity index (χ2n) is 6.44. The fraction of sp³-hybridized carbons (Fsp3) is 0.316. The number of pyridine rings is 1. The van der Waals surface area contributed by atoms with E-state index in [9.17, 15) is 9.59 Å². The van der Waals surface area contributed by atoms with Gasteiger partial charge in [0.2, 0.25) is 6.10 Å². The van der Waals surface area contributed by atoms with Crippen LogP contribution in [0.15, 0.2) is 47.1 Å². The number of benzene rings is 1. The van der Waals surface area contributed by atoms with E-state index in [1.54, 1.807) is 29.3 Å². The molecule has 1 aromatic heterocycles. The monoisotopic (exact) mass is 415 g/mol. The summed E-state index contributed by atoms with van der Waals surface area (Å²) in [6.45, 7) is 3.53. The Bertz CT molecular complexity index is 832. The first-order chi connectivity index (χ1) is 12.6. The van der Waals surface area contributed by atoms with E-state index in [2.05, 4.69) is 25.8 Å². The van der Waals surface area contributed by atoms with Crippen LogP contribution >= 0.6 is 15.9 Å². The first kappa shape index (κ1) is 17.2. The van der Waals surface area contributed by atoms with Gasteiger partial charge < -0.3 is 9.64 Å². The molecule has 134 valence electrons. The van der Waals surface area contributed by atoms with E-state index >= 15 is 0 Å². The van der Waals surface area contributed by atoms with Crippen molar-refractivity contribution in [3.8, 4) is 0 Å². The van der Waals surface area contributed by atoms with Crippen LogP contribution in [-0.2, 0) is 16.1 Å². The lowest BCUT2D eigenvalue weighted by Gasteiger charge is -2.35. The first-order valence-electron chi connectivity index (χ1n) is 8.53. The number of amides is 1. The zero-order chi connectivity index (χ0) is 18.1. The van der Waals surface area contributed by atoms with Gasteiger partial charge >= 0.3 is 5.97 Å². The molecule has 2 aliphatic rings. The molecule has 1 atom stereocenters. The lowest BCUT2D eigenvalue weighted by atomic mass is 10.0. The fourth-order valence-electron chi connectivity index (χ4n) is 3.35. The number of nitrogens with zero attached hydrogens (tertiary/aromatic N) is 3. The molecule has 1 saturated heterocycles. The van der Waals surface area contributed by atoms with E-state index < -0.39 is 12.1 Å². The summed E-state index contributed by atoms with van der Waals surface area (Å²) < 4.78 is 6.28.